The molecule has 1 aromatic rings. The SMILES string of the molecule is CCN(C(=O)c1cc(F)c(F)c(F)c1)C(C)CC(=O)O. The molecule has 1 atom stereocenters. The third-order valence-corrected chi connectivity index (χ3v) is 2.83. The molecule has 7 heteroatoms. The number of carbonyl (C=O) groups excluding carboxylic acids is 1. The summed E-state index contributed by atoms with van der Waals surface area (Å²) in [5.74, 6) is -6.42. The van der Waals surface area contributed by atoms with Crippen molar-refractivity contribution in [3.05, 3.63) is 35.1 Å². The maximum atomic E-state index is 13.1. The molecule has 0 fully saturated rings. The van der Waals surface area contributed by atoms with Gasteiger partial charge in [-0.25, -0.2) is 13.2 Å². The summed E-state index contributed by atoms with van der Waals surface area (Å²) in [6.07, 6.45) is -0.300. The maximum Gasteiger partial charge on any atom is 0.305 e. The predicted octanol–water partition coefficient (Wildman–Crippen LogP) is 2.43. The smallest absolute Gasteiger partial charge is 0.305 e. The Hall–Kier alpha value is -2.05. The van der Waals surface area contributed by atoms with Crippen LogP contribution in [0, 0.1) is 17.5 Å². The predicted molar refractivity (Wildman–Crippen MR) is 64.7 cm³/mol. The van der Waals surface area contributed by atoms with Crippen LogP contribution in [0.4, 0.5) is 13.2 Å². The number of nitrogens with zero attached hydrogens (tertiary/aromatic N) is 1. The first-order valence-corrected chi connectivity index (χ1v) is 5.95. The minimum Gasteiger partial charge on any atom is -0.481 e. The monoisotopic (exact) mass is 289 g/mol. The van der Waals surface area contributed by atoms with Crippen LogP contribution < -0.4 is 0 Å². The maximum absolute atomic E-state index is 13.1. The molecule has 0 saturated carbocycles. The molecule has 0 bridgehead atoms. The molecular formula is C13H14F3NO3. The fourth-order valence-electron chi connectivity index (χ4n) is 1.86. The summed E-state index contributed by atoms with van der Waals surface area (Å²) in [6.45, 7) is 3.27. The van der Waals surface area contributed by atoms with E-state index >= 15 is 0 Å². The number of aliphatic carboxylic acids is 1. The van der Waals surface area contributed by atoms with E-state index in [1.54, 1.807) is 6.92 Å². The summed E-state index contributed by atoms with van der Waals surface area (Å²) in [7, 11) is 0. The highest BCUT2D eigenvalue weighted by atomic mass is 19.2. The third kappa shape index (κ3) is 3.49. The van der Waals surface area contributed by atoms with Crippen molar-refractivity contribution in [3.8, 4) is 0 Å². The Morgan fingerprint density at radius 2 is 1.75 bits per heavy atom. The molecule has 1 N–H and O–H groups in total. The lowest BCUT2D eigenvalue weighted by Gasteiger charge is -2.27. The van der Waals surface area contributed by atoms with Crippen molar-refractivity contribution in [3.63, 3.8) is 0 Å². The van der Waals surface area contributed by atoms with Crippen molar-refractivity contribution in [1.82, 2.24) is 4.90 Å². The lowest BCUT2D eigenvalue weighted by atomic mass is 10.1. The Bertz CT molecular complexity index is 511. The number of benzene rings is 1. The number of carboxylic acid groups (broad SMARTS) is 1. The molecule has 0 aliphatic heterocycles. The first-order valence-electron chi connectivity index (χ1n) is 5.95. The van der Waals surface area contributed by atoms with E-state index in [1.807, 2.05) is 0 Å². The zero-order valence-corrected chi connectivity index (χ0v) is 11.0. The molecule has 0 radical (unpaired) electrons. The van der Waals surface area contributed by atoms with Gasteiger partial charge in [-0.1, -0.05) is 0 Å². The van der Waals surface area contributed by atoms with Gasteiger partial charge < -0.3 is 10.0 Å². The average Bonchev–Trinajstić information content (AvgIpc) is 2.35. The van der Waals surface area contributed by atoms with E-state index in [0.717, 1.165) is 4.90 Å². The van der Waals surface area contributed by atoms with E-state index in [-0.39, 0.29) is 18.5 Å². The first kappa shape index (κ1) is 16.0. The molecule has 1 unspecified atom stereocenters. The van der Waals surface area contributed by atoms with Gasteiger partial charge in [0.2, 0.25) is 0 Å². The van der Waals surface area contributed by atoms with Crippen LogP contribution in [-0.2, 0) is 4.79 Å². The zero-order chi connectivity index (χ0) is 15.4. The molecular weight excluding hydrogens is 275 g/mol. The van der Waals surface area contributed by atoms with Gasteiger partial charge in [0, 0.05) is 18.2 Å². The van der Waals surface area contributed by atoms with Gasteiger partial charge in [-0.05, 0) is 26.0 Å². The van der Waals surface area contributed by atoms with E-state index in [0.29, 0.717) is 12.1 Å². The summed E-state index contributed by atoms with van der Waals surface area (Å²) < 4.78 is 39.0. The molecule has 1 rings (SSSR count). The third-order valence-electron chi connectivity index (χ3n) is 2.83. The van der Waals surface area contributed by atoms with Crippen molar-refractivity contribution < 1.29 is 27.9 Å². The van der Waals surface area contributed by atoms with Crippen molar-refractivity contribution in [2.45, 2.75) is 26.3 Å². The second-order valence-corrected chi connectivity index (χ2v) is 4.29. The minimum atomic E-state index is -1.65. The van der Waals surface area contributed by atoms with E-state index < -0.39 is 35.4 Å². The van der Waals surface area contributed by atoms with Crippen molar-refractivity contribution in [2.75, 3.05) is 6.54 Å². The van der Waals surface area contributed by atoms with Crippen LogP contribution in [0.5, 0.6) is 0 Å². The second-order valence-electron chi connectivity index (χ2n) is 4.29. The Morgan fingerprint density at radius 3 is 2.15 bits per heavy atom. The molecule has 110 valence electrons. The lowest BCUT2D eigenvalue weighted by molar-refractivity contribution is -0.138. The summed E-state index contributed by atoms with van der Waals surface area (Å²) in [4.78, 5) is 23.9. The Balaban J connectivity index is 3.05. The molecule has 1 aromatic carbocycles. The second kappa shape index (κ2) is 6.40. The summed E-state index contributed by atoms with van der Waals surface area (Å²) >= 11 is 0. The number of rotatable bonds is 5. The van der Waals surface area contributed by atoms with Gasteiger partial charge in [-0.2, -0.15) is 0 Å². The molecule has 0 heterocycles. The highest BCUT2D eigenvalue weighted by Gasteiger charge is 2.24. The van der Waals surface area contributed by atoms with Crippen LogP contribution in [0.25, 0.3) is 0 Å². The minimum absolute atomic E-state index is 0.161. The van der Waals surface area contributed by atoms with Crippen LogP contribution in [-0.4, -0.2) is 34.5 Å². The van der Waals surface area contributed by atoms with Gasteiger partial charge in [-0.3, -0.25) is 9.59 Å². The Kier molecular flexibility index (Phi) is 5.12. The fourth-order valence-corrected chi connectivity index (χ4v) is 1.86. The Morgan fingerprint density at radius 1 is 1.25 bits per heavy atom. The topological polar surface area (TPSA) is 57.6 Å². The summed E-state index contributed by atoms with van der Waals surface area (Å²) in [6, 6.07) is 0.537. The van der Waals surface area contributed by atoms with Gasteiger partial charge in [0.05, 0.1) is 6.42 Å². The van der Waals surface area contributed by atoms with Gasteiger partial charge in [-0.15, -0.1) is 0 Å². The molecule has 0 spiro atoms. The molecule has 0 saturated heterocycles. The van der Waals surface area contributed by atoms with E-state index in [2.05, 4.69) is 0 Å². The van der Waals surface area contributed by atoms with Gasteiger partial charge in [0.15, 0.2) is 17.5 Å². The standard InChI is InChI=1S/C13H14F3NO3/c1-3-17(7(2)4-11(18)19)13(20)8-5-9(14)12(16)10(15)6-8/h5-7H,3-4H2,1-2H3,(H,18,19). The zero-order valence-electron chi connectivity index (χ0n) is 11.0. The van der Waals surface area contributed by atoms with Crippen molar-refractivity contribution in [2.24, 2.45) is 0 Å². The van der Waals surface area contributed by atoms with E-state index in [9.17, 15) is 22.8 Å². The van der Waals surface area contributed by atoms with Crippen LogP contribution >= 0.6 is 0 Å². The Labute approximate surface area is 113 Å². The highest BCUT2D eigenvalue weighted by molar-refractivity contribution is 5.94. The number of carboxylic acids is 1. The molecule has 20 heavy (non-hydrogen) atoms. The van der Waals surface area contributed by atoms with Crippen LogP contribution in [0.1, 0.15) is 30.6 Å². The average molecular weight is 289 g/mol. The molecule has 0 aromatic heterocycles. The van der Waals surface area contributed by atoms with E-state index in [4.69, 9.17) is 5.11 Å². The molecule has 4 nitrogen and oxygen atoms in total. The first-order chi connectivity index (χ1) is 9.27. The van der Waals surface area contributed by atoms with E-state index in [1.165, 1.54) is 6.92 Å². The number of halogens is 3. The summed E-state index contributed by atoms with van der Waals surface area (Å²) in [5.41, 5.74) is -0.361. The van der Waals surface area contributed by atoms with Crippen LogP contribution in [0.3, 0.4) is 0 Å². The fraction of sp³-hybridized carbons (Fsp3) is 0.385. The molecule has 0 aliphatic carbocycles. The van der Waals surface area contributed by atoms with Crippen LogP contribution in [0.15, 0.2) is 12.1 Å². The van der Waals surface area contributed by atoms with Crippen molar-refractivity contribution in [1.29, 1.82) is 0 Å². The number of hydrogen-bond acceptors (Lipinski definition) is 2. The van der Waals surface area contributed by atoms with Crippen molar-refractivity contribution >= 4 is 11.9 Å². The largest absolute Gasteiger partial charge is 0.481 e. The normalized spacial score (nSPS) is 12.1. The van der Waals surface area contributed by atoms with Gasteiger partial charge in [0.25, 0.3) is 5.91 Å². The molecule has 1 amide bonds. The van der Waals surface area contributed by atoms with Gasteiger partial charge in [0.1, 0.15) is 0 Å². The van der Waals surface area contributed by atoms with Gasteiger partial charge >= 0.3 is 5.97 Å². The quantitative estimate of drug-likeness (QED) is 0.847. The number of carbonyl (C=O) groups is 2. The number of hydrogen-bond donors (Lipinski definition) is 1. The number of amides is 1. The van der Waals surface area contributed by atoms with Crippen LogP contribution in [0.2, 0.25) is 0 Å². The lowest BCUT2D eigenvalue weighted by Crippen LogP contribution is -2.39. The molecule has 0 aliphatic rings. The summed E-state index contributed by atoms with van der Waals surface area (Å²) in [5, 5.41) is 8.70. The highest BCUT2D eigenvalue weighted by Crippen LogP contribution is 2.17.